The average molecular weight is 458 g/mol. The number of unbranched alkanes of at least 4 members (excludes halogenated alkanes) is 1. The number of rotatable bonds is 8. The molecule has 0 fully saturated rings. The molecule has 0 aliphatic carbocycles. The van der Waals surface area contributed by atoms with E-state index in [1.165, 1.54) is 4.68 Å². The van der Waals surface area contributed by atoms with E-state index in [0.717, 1.165) is 22.9 Å². The van der Waals surface area contributed by atoms with Crippen LogP contribution in [0.15, 0.2) is 50.8 Å². The molecule has 0 aliphatic rings. The predicted octanol–water partition coefficient (Wildman–Crippen LogP) is 4.79. The Balaban J connectivity index is 2.05. The molecule has 0 aliphatic heterocycles. The number of methoxy groups -OCH3 is 1. The van der Waals surface area contributed by atoms with Crippen LogP contribution in [0.5, 0.6) is 11.5 Å². The van der Waals surface area contributed by atoms with Crippen LogP contribution >= 0.6 is 15.9 Å². The molecule has 152 valence electrons. The van der Waals surface area contributed by atoms with E-state index in [4.69, 9.17) is 9.47 Å². The van der Waals surface area contributed by atoms with Gasteiger partial charge in [0.25, 0.3) is 5.56 Å². The summed E-state index contributed by atoms with van der Waals surface area (Å²) < 4.78 is 13.2. The van der Waals surface area contributed by atoms with Gasteiger partial charge in [-0.2, -0.15) is 9.78 Å². The van der Waals surface area contributed by atoms with E-state index in [1.807, 2.05) is 37.3 Å². The molecule has 7 heteroatoms. The number of aromatic nitrogens is 2. The summed E-state index contributed by atoms with van der Waals surface area (Å²) in [5, 5.41) is 4.99. The van der Waals surface area contributed by atoms with Crippen LogP contribution in [0.2, 0.25) is 0 Å². The fourth-order valence-corrected chi connectivity index (χ4v) is 3.34. The Hall–Kier alpha value is -2.67. The highest BCUT2D eigenvalue weighted by Crippen LogP contribution is 2.27. The Labute approximate surface area is 178 Å². The lowest BCUT2D eigenvalue weighted by atomic mass is 10.2. The third-order valence-electron chi connectivity index (χ3n) is 4.44. The van der Waals surface area contributed by atoms with Gasteiger partial charge in [-0.1, -0.05) is 29.3 Å². The molecule has 0 atom stereocenters. The van der Waals surface area contributed by atoms with Crippen LogP contribution in [0, 0.1) is 0 Å². The first kappa shape index (κ1) is 21.0. The molecule has 0 amide bonds. The number of fused-ring (bicyclic) bond motifs is 1. The van der Waals surface area contributed by atoms with Gasteiger partial charge >= 0.3 is 0 Å². The zero-order valence-corrected chi connectivity index (χ0v) is 18.4. The summed E-state index contributed by atoms with van der Waals surface area (Å²) in [5.41, 5.74) is 1.29. The monoisotopic (exact) mass is 457 g/mol. The predicted molar refractivity (Wildman–Crippen MR) is 119 cm³/mol. The molecule has 0 saturated heterocycles. The first-order valence-corrected chi connectivity index (χ1v) is 10.4. The smallest absolute Gasteiger partial charge is 0.282 e. The maximum Gasteiger partial charge on any atom is 0.282 e. The quantitative estimate of drug-likeness (QED) is 0.456. The molecule has 29 heavy (non-hydrogen) atoms. The zero-order valence-electron chi connectivity index (χ0n) is 16.8. The van der Waals surface area contributed by atoms with Crippen molar-refractivity contribution in [2.24, 2.45) is 5.10 Å². The molecule has 0 saturated carbocycles. The summed E-state index contributed by atoms with van der Waals surface area (Å²) in [6.45, 7) is 4.58. The summed E-state index contributed by atoms with van der Waals surface area (Å²) in [7, 11) is 1.59. The van der Waals surface area contributed by atoms with Gasteiger partial charge in [-0.25, -0.2) is 4.98 Å². The molecular formula is C22H24BrN3O3. The van der Waals surface area contributed by atoms with Crippen molar-refractivity contribution in [3.05, 3.63) is 62.6 Å². The largest absolute Gasteiger partial charge is 0.493 e. The lowest BCUT2D eigenvalue weighted by Gasteiger charge is -2.10. The first-order valence-electron chi connectivity index (χ1n) is 9.63. The van der Waals surface area contributed by atoms with Crippen LogP contribution in [0.25, 0.3) is 10.9 Å². The van der Waals surface area contributed by atoms with E-state index < -0.39 is 0 Å². The zero-order chi connectivity index (χ0) is 20.8. The lowest BCUT2D eigenvalue weighted by molar-refractivity contribution is 0.311. The number of benzene rings is 2. The summed E-state index contributed by atoms with van der Waals surface area (Å²) in [6, 6.07) is 11.1. The Morgan fingerprint density at radius 3 is 2.72 bits per heavy atom. The number of halogens is 1. The normalized spacial score (nSPS) is 11.3. The molecule has 6 nitrogen and oxygen atoms in total. The van der Waals surface area contributed by atoms with Gasteiger partial charge in [0.1, 0.15) is 5.82 Å². The molecule has 3 rings (SSSR count). The van der Waals surface area contributed by atoms with Gasteiger partial charge in [0.05, 0.1) is 30.8 Å². The highest BCUT2D eigenvalue weighted by molar-refractivity contribution is 9.10. The van der Waals surface area contributed by atoms with Crippen LogP contribution in [-0.4, -0.2) is 29.6 Å². The number of hydrogen-bond donors (Lipinski definition) is 0. The van der Waals surface area contributed by atoms with E-state index in [2.05, 4.69) is 32.9 Å². The maximum absolute atomic E-state index is 13.1. The van der Waals surface area contributed by atoms with E-state index in [0.29, 0.717) is 41.3 Å². The number of nitrogens with zero attached hydrogens (tertiary/aromatic N) is 3. The van der Waals surface area contributed by atoms with Crippen molar-refractivity contribution in [1.82, 2.24) is 9.66 Å². The topological polar surface area (TPSA) is 65.7 Å². The molecule has 3 aromatic rings. The lowest BCUT2D eigenvalue weighted by Crippen LogP contribution is -2.22. The average Bonchev–Trinajstić information content (AvgIpc) is 2.73. The van der Waals surface area contributed by atoms with Crippen LogP contribution in [-0.2, 0) is 6.42 Å². The van der Waals surface area contributed by atoms with E-state index in [-0.39, 0.29) is 5.56 Å². The van der Waals surface area contributed by atoms with E-state index >= 15 is 0 Å². The van der Waals surface area contributed by atoms with E-state index in [1.54, 1.807) is 19.4 Å². The molecule has 0 unspecified atom stereocenters. The van der Waals surface area contributed by atoms with Crippen molar-refractivity contribution in [2.45, 2.75) is 33.1 Å². The molecule has 0 radical (unpaired) electrons. The number of aryl methyl sites for hydroxylation is 1. The van der Waals surface area contributed by atoms with Gasteiger partial charge < -0.3 is 9.47 Å². The Morgan fingerprint density at radius 2 is 2.00 bits per heavy atom. The van der Waals surface area contributed by atoms with Crippen molar-refractivity contribution in [2.75, 3.05) is 13.7 Å². The fraction of sp³-hybridized carbons (Fsp3) is 0.318. The highest BCUT2D eigenvalue weighted by Gasteiger charge is 2.11. The SMILES string of the molecule is CCCCc1nc2ccc(Br)cc2c(=O)n1N=Cc1ccc(OCC)c(OC)c1. The van der Waals surface area contributed by atoms with Gasteiger partial charge in [0.15, 0.2) is 11.5 Å². The standard InChI is InChI=1S/C22H24BrN3O3/c1-4-6-7-21-25-18-10-9-16(23)13-17(18)22(27)26(21)24-14-15-8-11-19(29-5-2)20(12-15)28-3/h8-14H,4-7H2,1-3H3. The third-order valence-corrected chi connectivity index (χ3v) is 4.93. The van der Waals surface area contributed by atoms with Crippen molar-refractivity contribution in [3.8, 4) is 11.5 Å². The summed E-state index contributed by atoms with van der Waals surface area (Å²) in [5.74, 6) is 1.95. The molecule has 0 spiro atoms. The fourth-order valence-electron chi connectivity index (χ4n) is 2.97. The van der Waals surface area contributed by atoms with Crippen molar-refractivity contribution in [3.63, 3.8) is 0 Å². The minimum absolute atomic E-state index is 0.184. The molecule has 2 aromatic carbocycles. The Morgan fingerprint density at radius 1 is 1.17 bits per heavy atom. The van der Waals surface area contributed by atoms with Gasteiger partial charge in [-0.15, -0.1) is 0 Å². The molecule has 1 aromatic heterocycles. The van der Waals surface area contributed by atoms with Gasteiger partial charge in [0.2, 0.25) is 0 Å². The molecule has 0 N–H and O–H groups in total. The Kier molecular flexibility index (Phi) is 7.04. The summed E-state index contributed by atoms with van der Waals surface area (Å²) in [4.78, 5) is 17.8. The van der Waals surface area contributed by atoms with Crippen molar-refractivity contribution in [1.29, 1.82) is 0 Å². The second-order valence-electron chi connectivity index (χ2n) is 6.50. The van der Waals surface area contributed by atoms with Crippen LogP contribution in [0.1, 0.15) is 38.1 Å². The molecule has 1 heterocycles. The first-order chi connectivity index (χ1) is 14.1. The van der Waals surface area contributed by atoms with E-state index in [9.17, 15) is 4.79 Å². The van der Waals surface area contributed by atoms with Gasteiger partial charge in [0, 0.05) is 10.9 Å². The number of hydrogen-bond acceptors (Lipinski definition) is 5. The second kappa shape index (κ2) is 9.69. The van der Waals surface area contributed by atoms with Crippen LogP contribution < -0.4 is 15.0 Å². The summed E-state index contributed by atoms with van der Waals surface area (Å²) >= 11 is 3.42. The van der Waals surface area contributed by atoms with Crippen LogP contribution in [0.3, 0.4) is 0 Å². The number of ether oxygens (including phenoxy) is 2. The highest BCUT2D eigenvalue weighted by atomic mass is 79.9. The van der Waals surface area contributed by atoms with Gasteiger partial charge in [-0.05, 0) is 55.3 Å². The molecular weight excluding hydrogens is 434 g/mol. The Bertz CT molecular complexity index is 1090. The minimum atomic E-state index is -0.184. The van der Waals surface area contributed by atoms with Crippen molar-refractivity contribution >= 4 is 33.0 Å². The molecule has 0 bridgehead atoms. The van der Waals surface area contributed by atoms with Crippen LogP contribution in [0.4, 0.5) is 0 Å². The minimum Gasteiger partial charge on any atom is -0.493 e. The third kappa shape index (κ3) is 4.85. The van der Waals surface area contributed by atoms with Gasteiger partial charge in [-0.3, -0.25) is 4.79 Å². The van der Waals surface area contributed by atoms with Crippen molar-refractivity contribution < 1.29 is 9.47 Å². The maximum atomic E-state index is 13.1. The summed E-state index contributed by atoms with van der Waals surface area (Å²) in [6.07, 6.45) is 4.26. The second-order valence-corrected chi connectivity index (χ2v) is 7.41.